The number of aryl methyl sites for hydroxylation is 2. The summed E-state index contributed by atoms with van der Waals surface area (Å²) >= 11 is 0. The molecule has 110 valence electrons. The molecule has 0 spiro atoms. The summed E-state index contributed by atoms with van der Waals surface area (Å²) in [7, 11) is 0. The van der Waals surface area contributed by atoms with E-state index in [2.05, 4.69) is 5.32 Å². The van der Waals surface area contributed by atoms with Crippen molar-refractivity contribution in [3.8, 4) is 0 Å². The molecule has 0 heterocycles. The molecule has 21 heavy (non-hydrogen) atoms. The number of benzene rings is 2. The fourth-order valence-electron chi connectivity index (χ4n) is 2.19. The molecule has 1 atom stereocenters. The Bertz CT molecular complexity index is 684. The normalized spacial score (nSPS) is 13.5. The van der Waals surface area contributed by atoms with Gasteiger partial charge < -0.3 is 11.1 Å². The van der Waals surface area contributed by atoms with E-state index in [1.54, 1.807) is 26.0 Å². The summed E-state index contributed by atoms with van der Waals surface area (Å²) in [4.78, 5) is 11.9. The molecule has 0 aliphatic carbocycles. The number of primary amides is 1. The molecule has 1 amide bonds. The van der Waals surface area contributed by atoms with Crippen LogP contribution in [-0.2, 0) is 10.3 Å². The minimum Gasteiger partial charge on any atom is -0.368 e. The van der Waals surface area contributed by atoms with Crippen molar-refractivity contribution in [2.75, 3.05) is 5.32 Å². The monoisotopic (exact) mass is 286 g/mol. The quantitative estimate of drug-likeness (QED) is 0.906. The number of nitrogens with two attached hydrogens (primary N) is 1. The zero-order valence-corrected chi connectivity index (χ0v) is 12.4. The van der Waals surface area contributed by atoms with Gasteiger partial charge in [0, 0.05) is 5.69 Å². The van der Waals surface area contributed by atoms with Crippen molar-refractivity contribution in [3.63, 3.8) is 0 Å². The first-order valence-electron chi connectivity index (χ1n) is 6.74. The van der Waals surface area contributed by atoms with Gasteiger partial charge in [0.15, 0.2) is 0 Å². The third kappa shape index (κ3) is 3.05. The van der Waals surface area contributed by atoms with Gasteiger partial charge in [-0.15, -0.1) is 0 Å². The van der Waals surface area contributed by atoms with Crippen molar-refractivity contribution >= 4 is 11.6 Å². The van der Waals surface area contributed by atoms with Crippen LogP contribution in [0.2, 0.25) is 0 Å². The lowest BCUT2D eigenvalue weighted by Crippen LogP contribution is -2.45. The van der Waals surface area contributed by atoms with Crippen LogP contribution in [0.15, 0.2) is 42.5 Å². The van der Waals surface area contributed by atoms with Crippen LogP contribution >= 0.6 is 0 Å². The van der Waals surface area contributed by atoms with Gasteiger partial charge in [-0.25, -0.2) is 4.39 Å². The number of amides is 1. The second kappa shape index (κ2) is 5.56. The van der Waals surface area contributed by atoms with E-state index in [0.29, 0.717) is 11.1 Å². The predicted octanol–water partition coefficient (Wildman–Crippen LogP) is 3.26. The highest BCUT2D eigenvalue weighted by Gasteiger charge is 2.33. The van der Waals surface area contributed by atoms with E-state index < -0.39 is 11.4 Å². The Morgan fingerprint density at radius 3 is 2.48 bits per heavy atom. The van der Waals surface area contributed by atoms with Crippen LogP contribution in [-0.4, -0.2) is 5.91 Å². The van der Waals surface area contributed by atoms with E-state index in [-0.39, 0.29) is 5.82 Å². The number of carbonyl (C=O) groups excluding carboxylic acids is 1. The number of hydrogen-bond donors (Lipinski definition) is 2. The maximum Gasteiger partial charge on any atom is 0.247 e. The third-order valence-electron chi connectivity index (χ3n) is 3.65. The number of hydrogen-bond acceptors (Lipinski definition) is 2. The average Bonchev–Trinajstić information content (AvgIpc) is 2.41. The lowest BCUT2D eigenvalue weighted by molar-refractivity contribution is -0.122. The first-order chi connectivity index (χ1) is 9.83. The van der Waals surface area contributed by atoms with Gasteiger partial charge in [0.1, 0.15) is 11.4 Å². The largest absolute Gasteiger partial charge is 0.368 e. The Balaban J connectivity index is 2.45. The summed E-state index contributed by atoms with van der Waals surface area (Å²) in [6, 6.07) is 12.3. The van der Waals surface area contributed by atoms with Crippen molar-refractivity contribution in [2.24, 2.45) is 5.73 Å². The summed E-state index contributed by atoms with van der Waals surface area (Å²) < 4.78 is 13.8. The summed E-state index contributed by atoms with van der Waals surface area (Å²) in [6.45, 7) is 5.29. The van der Waals surface area contributed by atoms with Crippen LogP contribution in [0.25, 0.3) is 0 Å². The molecule has 0 radical (unpaired) electrons. The van der Waals surface area contributed by atoms with Gasteiger partial charge >= 0.3 is 0 Å². The number of anilines is 1. The maximum atomic E-state index is 13.8. The number of rotatable bonds is 4. The molecule has 0 saturated carbocycles. The summed E-state index contributed by atoms with van der Waals surface area (Å²) in [5, 5.41) is 3.12. The molecule has 2 aromatic carbocycles. The zero-order chi connectivity index (χ0) is 15.6. The van der Waals surface area contributed by atoms with Gasteiger partial charge in [-0.3, -0.25) is 4.79 Å². The molecule has 0 aliphatic heterocycles. The lowest BCUT2D eigenvalue weighted by atomic mass is 9.90. The smallest absolute Gasteiger partial charge is 0.247 e. The van der Waals surface area contributed by atoms with Crippen LogP contribution in [0, 0.1) is 19.7 Å². The van der Waals surface area contributed by atoms with E-state index in [1.807, 2.05) is 31.2 Å². The van der Waals surface area contributed by atoms with E-state index in [9.17, 15) is 9.18 Å². The Morgan fingerprint density at radius 2 is 1.90 bits per heavy atom. The molecule has 0 aromatic heterocycles. The lowest BCUT2D eigenvalue weighted by Gasteiger charge is -2.29. The molecular weight excluding hydrogens is 267 g/mol. The second-order valence-electron chi connectivity index (χ2n) is 5.45. The molecule has 0 aliphatic rings. The van der Waals surface area contributed by atoms with Crippen LogP contribution in [0.4, 0.5) is 10.1 Å². The third-order valence-corrected chi connectivity index (χ3v) is 3.65. The molecule has 3 nitrogen and oxygen atoms in total. The Hall–Kier alpha value is -2.36. The van der Waals surface area contributed by atoms with Crippen molar-refractivity contribution in [2.45, 2.75) is 26.3 Å². The van der Waals surface area contributed by atoms with E-state index in [4.69, 9.17) is 5.73 Å². The molecule has 2 aromatic rings. The van der Waals surface area contributed by atoms with Crippen LogP contribution in [0.5, 0.6) is 0 Å². The highest BCUT2D eigenvalue weighted by molar-refractivity contribution is 5.89. The molecule has 0 fully saturated rings. The van der Waals surface area contributed by atoms with Crippen molar-refractivity contribution in [1.29, 1.82) is 0 Å². The average molecular weight is 286 g/mol. The first kappa shape index (κ1) is 15.0. The minimum atomic E-state index is -1.18. The van der Waals surface area contributed by atoms with Gasteiger partial charge in [-0.1, -0.05) is 24.3 Å². The highest BCUT2D eigenvalue weighted by atomic mass is 19.1. The first-order valence-corrected chi connectivity index (χ1v) is 6.74. The molecular formula is C17H19FN2O. The van der Waals surface area contributed by atoms with Crippen LogP contribution in [0.1, 0.15) is 23.6 Å². The van der Waals surface area contributed by atoms with E-state index >= 15 is 0 Å². The van der Waals surface area contributed by atoms with E-state index in [0.717, 1.165) is 11.3 Å². The van der Waals surface area contributed by atoms with Crippen molar-refractivity contribution in [3.05, 3.63) is 65.0 Å². The molecule has 1 unspecified atom stereocenters. The Labute approximate surface area is 124 Å². The van der Waals surface area contributed by atoms with Crippen LogP contribution < -0.4 is 11.1 Å². The highest BCUT2D eigenvalue weighted by Crippen LogP contribution is 2.27. The maximum absolute atomic E-state index is 13.8. The summed E-state index contributed by atoms with van der Waals surface area (Å²) in [6.07, 6.45) is 0. The number of halogens is 1. The van der Waals surface area contributed by atoms with Gasteiger partial charge in [0.25, 0.3) is 0 Å². The van der Waals surface area contributed by atoms with Gasteiger partial charge in [-0.05, 0) is 55.7 Å². The molecule has 3 N–H and O–H groups in total. The predicted molar refractivity (Wildman–Crippen MR) is 82.5 cm³/mol. The van der Waals surface area contributed by atoms with Gasteiger partial charge in [0.2, 0.25) is 5.91 Å². The Morgan fingerprint density at radius 1 is 1.19 bits per heavy atom. The van der Waals surface area contributed by atoms with Crippen molar-refractivity contribution in [1.82, 2.24) is 0 Å². The SMILES string of the molecule is Cc1cccc(NC(C)(C(N)=O)c2ccc(C)c(F)c2)c1. The molecule has 0 saturated heterocycles. The molecule has 2 rings (SSSR count). The van der Waals surface area contributed by atoms with Gasteiger partial charge in [0.05, 0.1) is 0 Å². The van der Waals surface area contributed by atoms with Crippen molar-refractivity contribution < 1.29 is 9.18 Å². The Kier molecular flexibility index (Phi) is 3.98. The standard InChI is InChI=1S/C17H19FN2O/c1-11-5-4-6-14(9-11)20-17(3,16(19)21)13-8-7-12(2)15(18)10-13/h4-10,20H,1-3H3,(H2,19,21). The van der Waals surface area contributed by atoms with Crippen LogP contribution in [0.3, 0.4) is 0 Å². The molecule has 4 heteroatoms. The number of carbonyl (C=O) groups is 1. The summed E-state index contributed by atoms with van der Waals surface area (Å²) in [5.74, 6) is -0.918. The minimum absolute atomic E-state index is 0.356. The topological polar surface area (TPSA) is 55.1 Å². The summed E-state index contributed by atoms with van der Waals surface area (Å²) in [5.41, 5.74) is 7.22. The zero-order valence-electron chi connectivity index (χ0n) is 12.4. The van der Waals surface area contributed by atoms with E-state index in [1.165, 1.54) is 6.07 Å². The van der Waals surface area contributed by atoms with Gasteiger partial charge in [-0.2, -0.15) is 0 Å². The molecule has 0 bridgehead atoms. The second-order valence-corrected chi connectivity index (χ2v) is 5.45. The number of nitrogens with one attached hydrogen (secondary N) is 1. The fourth-order valence-corrected chi connectivity index (χ4v) is 2.19. The fraction of sp³-hybridized carbons (Fsp3) is 0.235.